The number of benzene rings is 1. The van der Waals surface area contributed by atoms with Crippen molar-refractivity contribution in [1.82, 2.24) is 10.6 Å². The zero-order valence-electron chi connectivity index (χ0n) is 11.9. The minimum absolute atomic E-state index is 0.0938. The summed E-state index contributed by atoms with van der Waals surface area (Å²) in [5, 5.41) is 6.51. The lowest BCUT2D eigenvalue weighted by molar-refractivity contribution is -0.125. The molecule has 1 saturated heterocycles. The molecule has 4 heteroatoms. The fourth-order valence-electron chi connectivity index (χ4n) is 3.15. The lowest BCUT2D eigenvalue weighted by Gasteiger charge is -2.31. The lowest BCUT2D eigenvalue weighted by Crippen LogP contribution is -2.47. The van der Waals surface area contributed by atoms with Gasteiger partial charge >= 0.3 is 0 Å². The van der Waals surface area contributed by atoms with E-state index in [9.17, 15) is 4.79 Å². The predicted octanol–water partition coefficient (Wildman–Crippen LogP) is 1.56. The van der Waals surface area contributed by atoms with Crippen molar-refractivity contribution >= 4 is 5.91 Å². The van der Waals surface area contributed by atoms with Crippen molar-refractivity contribution in [3.63, 3.8) is 0 Å². The fraction of sp³-hybridized carbons (Fsp3) is 0.562. The smallest absolute Gasteiger partial charge is 0.241 e. The van der Waals surface area contributed by atoms with Gasteiger partial charge in [0.25, 0.3) is 0 Å². The van der Waals surface area contributed by atoms with Gasteiger partial charge in [0.1, 0.15) is 6.04 Å². The standard InChI is InChI=1S/C16H22N2O2/c1-11-10-13(7-9-20-11)18-16(19)15-14-5-3-2-4-12(14)6-8-17-15/h2-5,11,13,15,17H,6-10H2,1H3,(H,18,19). The Balaban J connectivity index is 1.69. The van der Waals surface area contributed by atoms with Crippen molar-refractivity contribution in [2.45, 2.75) is 44.4 Å². The largest absolute Gasteiger partial charge is 0.378 e. The molecule has 4 nitrogen and oxygen atoms in total. The number of nitrogens with one attached hydrogen (secondary N) is 2. The first-order valence-electron chi connectivity index (χ1n) is 7.47. The number of amides is 1. The van der Waals surface area contributed by atoms with E-state index < -0.39 is 0 Å². The molecule has 1 aromatic carbocycles. The Hall–Kier alpha value is -1.39. The monoisotopic (exact) mass is 274 g/mol. The first kappa shape index (κ1) is 13.6. The van der Waals surface area contributed by atoms with Crippen LogP contribution in [0.25, 0.3) is 0 Å². The van der Waals surface area contributed by atoms with Gasteiger partial charge in [-0.3, -0.25) is 4.79 Å². The van der Waals surface area contributed by atoms with E-state index >= 15 is 0 Å². The van der Waals surface area contributed by atoms with Gasteiger partial charge in [-0.25, -0.2) is 0 Å². The van der Waals surface area contributed by atoms with Crippen LogP contribution in [-0.2, 0) is 16.0 Å². The van der Waals surface area contributed by atoms with Crippen LogP contribution in [0.4, 0.5) is 0 Å². The number of carbonyl (C=O) groups excluding carboxylic acids is 1. The summed E-state index contributed by atoms with van der Waals surface area (Å²) in [7, 11) is 0. The van der Waals surface area contributed by atoms with Crippen LogP contribution in [0.3, 0.4) is 0 Å². The Labute approximate surface area is 119 Å². The van der Waals surface area contributed by atoms with E-state index in [1.54, 1.807) is 0 Å². The molecule has 20 heavy (non-hydrogen) atoms. The van der Waals surface area contributed by atoms with Crippen molar-refractivity contribution in [2.75, 3.05) is 13.2 Å². The third kappa shape index (κ3) is 2.86. The molecule has 0 spiro atoms. The van der Waals surface area contributed by atoms with Crippen molar-refractivity contribution in [2.24, 2.45) is 0 Å². The van der Waals surface area contributed by atoms with E-state index in [2.05, 4.69) is 29.7 Å². The lowest BCUT2D eigenvalue weighted by atomic mass is 9.93. The molecule has 0 aromatic heterocycles. The molecule has 2 heterocycles. The van der Waals surface area contributed by atoms with Crippen LogP contribution in [0.15, 0.2) is 24.3 Å². The normalized spacial score (nSPS) is 29.6. The summed E-state index contributed by atoms with van der Waals surface area (Å²) in [6.45, 7) is 3.66. The van der Waals surface area contributed by atoms with Crippen LogP contribution in [0.2, 0.25) is 0 Å². The maximum Gasteiger partial charge on any atom is 0.241 e. The topological polar surface area (TPSA) is 50.4 Å². The van der Waals surface area contributed by atoms with Gasteiger partial charge in [0.2, 0.25) is 5.91 Å². The van der Waals surface area contributed by atoms with Gasteiger partial charge < -0.3 is 15.4 Å². The highest BCUT2D eigenvalue weighted by Crippen LogP contribution is 2.23. The fourth-order valence-corrected chi connectivity index (χ4v) is 3.15. The van der Waals surface area contributed by atoms with Gasteiger partial charge in [0.15, 0.2) is 0 Å². The van der Waals surface area contributed by atoms with Crippen molar-refractivity contribution in [3.05, 3.63) is 35.4 Å². The van der Waals surface area contributed by atoms with Crippen LogP contribution in [0.5, 0.6) is 0 Å². The van der Waals surface area contributed by atoms with Crippen LogP contribution in [-0.4, -0.2) is 31.2 Å². The van der Waals surface area contributed by atoms with Crippen LogP contribution >= 0.6 is 0 Å². The predicted molar refractivity (Wildman–Crippen MR) is 77.5 cm³/mol. The van der Waals surface area contributed by atoms with E-state index in [1.165, 1.54) is 5.56 Å². The van der Waals surface area contributed by atoms with Crippen LogP contribution in [0, 0.1) is 0 Å². The zero-order chi connectivity index (χ0) is 13.9. The zero-order valence-corrected chi connectivity index (χ0v) is 11.9. The van der Waals surface area contributed by atoms with Gasteiger partial charge in [0.05, 0.1) is 6.10 Å². The highest BCUT2D eigenvalue weighted by Gasteiger charge is 2.28. The van der Waals surface area contributed by atoms with Gasteiger partial charge in [-0.05, 0) is 37.3 Å². The van der Waals surface area contributed by atoms with E-state index in [1.807, 2.05) is 12.1 Å². The summed E-state index contributed by atoms with van der Waals surface area (Å²) in [5.41, 5.74) is 2.41. The SMILES string of the molecule is CC1CC(NC(=O)C2NCCc3ccccc32)CCO1. The summed E-state index contributed by atoms with van der Waals surface area (Å²) >= 11 is 0. The highest BCUT2D eigenvalue weighted by molar-refractivity contribution is 5.84. The molecule has 3 unspecified atom stereocenters. The average molecular weight is 274 g/mol. The number of carbonyl (C=O) groups is 1. The summed E-state index contributed by atoms with van der Waals surface area (Å²) < 4.78 is 5.52. The Morgan fingerprint density at radius 1 is 1.40 bits per heavy atom. The molecule has 0 aliphatic carbocycles. The third-order valence-corrected chi connectivity index (χ3v) is 4.20. The Morgan fingerprint density at radius 3 is 3.10 bits per heavy atom. The molecule has 2 N–H and O–H groups in total. The van der Waals surface area contributed by atoms with E-state index in [-0.39, 0.29) is 24.1 Å². The second-order valence-electron chi connectivity index (χ2n) is 5.75. The molecule has 3 atom stereocenters. The first-order chi connectivity index (χ1) is 9.74. The van der Waals surface area contributed by atoms with E-state index in [0.717, 1.165) is 38.0 Å². The molecule has 0 bridgehead atoms. The molecular formula is C16H22N2O2. The molecule has 108 valence electrons. The van der Waals surface area contributed by atoms with E-state index in [0.29, 0.717) is 0 Å². The van der Waals surface area contributed by atoms with Crippen LogP contribution < -0.4 is 10.6 Å². The molecule has 1 amide bonds. The molecule has 2 aliphatic rings. The number of rotatable bonds is 2. The summed E-state index contributed by atoms with van der Waals surface area (Å²) in [6.07, 6.45) is 3.04. The Kier molecular flexibility index (Phi) is 4.03. The number of hydrogen-bond acceptors (Lipinski definition) is 3. The Morgan fingerprint density at radius 2 is 2.25 bits per heavy atom. The van der Waals surface area contributed by atoms with Gasteiger partial charge in [-0.2, -0.15) is 0 Å². The molecule has 0 radical (unpaired) electrons. The summed E-state index contributed by atoms with van der Waals surface area (Å²) in [6, 6.07) is 8.24. The molecule has 2 aliphatic heterocycles. The Bertz CT molecular complexity index is 489. The number of hydrogen-bond donors (Lipinski definition) is 2. The van der Waals surface area contributed by atoms with E-state index in [4.69, 9.17) is 4.74 Å². The molecular weight excluding hydrogens is 252 g/mol. The second kappa shape index (κ2) is 5.94. The second-order valence-corrected chi connectivity index (χ2v) is 5.75. The quantitative estimate of drug-likeness (QED) is 0.860. The minimum atomic E-state index is -0.210. The molecule has 0 saturated carbocycles. The summed E-state index contributed by atoms with van der Waals surface area (Å²) in [4.78, 5) is 12.5. The van der Waals surface area contributed by atoms with Crippen LogP contribution in [0.1, 0.15) is 36.9 Å². The minimum Gasteiger partial charge on any atom is -0.378 e. The first-order valence-corrected chi connectivity index (χ1v) is 7.47. The average Bonchev–Trinajstić information content (AvgIpc) is 2.46. The molecule has 3 rings (SSSR count). The van der Waals surface area contributed by atoms with Gasteiger partial charge in [-0.15, -0.1) is 0 Å². The maximum atomic E-state index is 12.5. The maximum absolute atomic E-state index is 12.5. The van der Waals surface area contributed by atoms with Crippen molar-refractivity contribution in [3.8, 4) is 0 Å². The van der Waals surface area contributed by atoms with Crippen molar-refractivity contribution < 1.29 is 9.53 Å². The third-order valence-electron chi connectivity index (χ3n) is 4.20. The number of ether oxygens (including phenoxy) is 1. The summed E-state index contributed by atoms with van der Waals surface area (Å²) in [5.74, 6) is 0.0938. The van der Waals surface area contributed by atoms with Crippen molar-refractivity contribution in [1.29, 1.82) is 0 Å². The van der Waals surface area contributed by atoms with Gasteiger partial charge in [-0.1, -0.05) is 24.3 Å². The molecule has 1 fully saturated rings. The highest BCUT2D eigenvalue weighted by atomic mass is 16.5. The van der Waals surface area contributed by atoms with Gasteiger partial charge in [0, 0.05) is 19.2 Å². The number of fused-ring (bicyclic) bond motifs is 1. The molecule has 1 aromatic rings.